The summed E-state index contributed by atoms with van der Waals surface area (Å²) in [7, 11) is 0. The molecular formula is C30H36NNaO5. The molecule has 0 saturated carbocycles. The molecule has 0 spiro atoms. The number of amides is 1. The second-order valence-corrected chi connectivity index (χ2v) is 9.78. The number of aliphatic carboxylic acids is 1. The number of carbonyl (C=O) groups excluding carboxylic acids is 3. The van der Waals surface area contributed by atoms with E-state index in [0.29, 0.717) is 5.69 Å². The van der Waals surface area contributed by atoms with Gasteiger partial charge in [0.15, 0.2) is 0 Å². The number of allylic oxidation sites excluding steroid dienone is 9. The molecule has 37 heavy (non-hydrogen) atoms. The van der Waals surface area contributed by atoms with Gasteiger partial charge in [-0.1, -0.05) is 55.4 Å². The normalized spacial score (nSPS) is 16.0. The Balaban J connectivity index is 0.00000684. The van der Waals surface area contributed by atoms with E-state index < -0.39 is 18.4 Å². The van der Waals surface area contributed by atoms with Crippen molar-refractivity contribution in [1.29, 1.82) is 0 Å². The van der Waals surface area contributed by atoms with Crippen molar-refractivity contribution >= 4 is 23.5 Å². The third-order valence-electron chi connectivity index (χ3n) is 6.02. The van der Waals surface area contributed by atoms with Crippen LogP contribution in [0.2, 0.25) is 0 Å². The summed E-state index contributed by atoms with van der Waals surface area (Å²) >= 11 is 0. The number of hydrogen-bond donors (Lipinski definition) is 1. The molecule has 0 aliphatic heterocycles. The first-order chi connectivity index (χ1) is 17.0. The Morgan fingerprint density at radius 3 is 2.35 bits per heavy atom. The van der Waals surface area contributed by atoms with Gasteiger partial charge in [0, 0.05) is 17.7 Å². The number of carboxylic acid groups (broad SMARTS) is 1. The van der Waals surface area contributed by atoms with Crippen molar-refractivity contribution in [3.8, 4) is 5.75 Å². The SMILES string of the molecule is CC1=C(/C=C/C(C)=C/C=C/C(C)=C/C(=O)Nc2ccc(OC(=O)CCC(=O)[O-])cc2)C(C)(C)CCC1.[Na+]. The number of esters is 1. The van der Waals surface area contributed by atoms with Gasteiger partial charge in [-0.2, -0.15) is 0 Å². The van der Waals surface area contributed by atoms with E-state index in [-0.39, 0.29) is 53.0 Å². The van der Waals surface area contributed by atoms with Crippen LogP contribution in [-0.4, -0.2) is 17.8 Å². The monoisotopic (exact) mass is 513 g/mol. The number of rotatable bonds is 10. The van der Waals surface area contributed by atoms with Gasteiger partial charge in [0.1, 0.15) is 5.75 Å². The van der Waals surface area contributed by atoms with Crippen LogP contribution in [0.15, 0.2) is 83.0 Å². The van der Waals surface area contributed by atoms with Crippen LogP contribution in [0.3, 0.4) is 0 Å². The average molecular weight is 514 g/mol. The fraction of sp³-hybridized carbons (Fsp3) is 0.367. The molecule has 0 radical (unpaired) electrons. The fourth-order valence-corrected chi connectivity index (χ4v) is 4.06. The number of hydrogen-bond acceptors (Lipinski definition) is 5. The van der Waals surface area contributed by atoms with Crippen LogP contribution in [-0.2, 0) is 14.4 Å². The summed E-state index contributed by atoms with van der Waals surface area (Å²) < 4.78 is 5.04. The van der Waals surface area contributed by atoms with Crippen LogP contribution in [0.1, 0.15) is 66.7 Å². The Labute approximate surface area is 242 Å². The molecule has 1 aromatic carbocycles. The van der Waals surface area contributed by atoms with Gasteiger partial charge in [0.05, 0.1) is 6.42 Å². The molecule has 192 valence electrons. The van der Waals surface area contributed by atoms with Crippen molar-refractivity contribution in [3.05, 3.63) is 83.0 Å². The Bertz CT molecular complexity index is 1120. The molecule has 0 heterocycles. The molecule has 0 fully saturated rings. The smallest absolute Gasteiger partial charge is 0.550 e. The van der Waals surface area contributed by atoms with Gasteiger partial charge < -0.3 is 20.0 Å². The molecule has 1 aliphatic rings. The zero-order chi connectivity index (χ0) is 26.7. The molecule has 0 saturated heterocycles. The Morgan fingerprint density at radius 1 is 1.05 bits per heavy atom. The van der Waals surface area contributed by atoms with Gasteiger partial charge in [-0.05, 0) is 87.3 Å². The number of benzene rings is 1. The van der Waals surface area contributed by atoms with E-state index in [2.05, 4.69) is 45.2 Å². The molecule has 0 aromatic heterocycles. The standard InChI is InChI=1S/C30H37NO5.Na/c1-21(11-16-26-23(3)10-7-19-30(26,4)5)8-6-9-22(2)20-27(32)31-24-12-14-25(15-13-24)36-29(35)18-17-28(33)34;/h6,8-9,11-16,20H,7,10,17-19H2,1-5H3,(H,31,32)(H,33,34);/q;+1/p-1/b9-6+,16-11+,21-8+,22-20+;. The predicted molar refractivity (Wildman–Crippen MR) is 141 cm³/mol. The minimum atomic E-state index is -1.31. The zero-order valence-electron chi connectivity index (χ0n) is 22.9. The number of anilines is 1. The first-order valence-electron chi connectivity index (χ1n) is 12.2. The molecule has 0 atom stereocenters. The quantitative estimate of drug-likeness (QED) is 0.171. The topological polar surface area (TPSA) is 95.5 Å². The van der Waals surface area contributed by atoms with Gasteiger partial charge in [0.25, 0.3) is 0 Å². The number of ether oxygens (including phenoxy) is 1. The number of carboxylic acids is 1. The van der Waals surface area contributed by atoms with E-state index >= 15 is 0 Å². The molecule has 1 amide bonds. The van der Waals surface area contributed by atoms with Crippen molar-refractivity contribution < 1.29 is 53.8 Å². The molecular weight excluding hydrogens is 477 g/mol. The molecule has 1 aromatic rings. The first kappa shape index (κ1) is 32.4. The summed E-state index contributed by atoms with van der Waals surface area (Å²) in [5, 5.41) is 13.2. The van der Waals surface area contributed by atoms with E-state index in [1.807, 2.05) is 25.2 Å². The van der Waals surface area contributed by atoms with Gasteiger partial charge in [0.2, 0.25) is 5.91 Å². The Morgan fingerprint density at radius 2 is 1.73 bits per heavy atom. The Kier molecular flexibility index (Phi) is 13.6. The second-order valence-electron chi connectivity index (χ2n) is 9.78. The summed E-state index contributed by atoms with van der Waals surface area (Å²) in [5.74, 6) is -1.98. The first-order valence-corrected chi connectivity index (χ1v) is 12.2. The van der Waals surface area contributed by atoms with E-state index in [1.54, 1.807) is 12.1 Å². The van der Waals surface area contributed by atoms with E-state index in [0.717, 1.165) is 11.1 Å². The van der Waals surface area contributed by atoms with Crippen molar-refractivity contribution in [2.45, 2.75) is 66.7 Å². The van der Waals surface area contributed by atoms with Crippen LogP contribution in [0.4, 0.5) is 5.69 Å². The van der Waals surface area contributed by atoms with Crippen molar-refractivity contribution in [2.75, 3.05) is 5.32 Å². The fourth-order valence-electron chi connectivity index (χ4n) is 4.06. The maximum absolute atomic E-state index is 12.3. The minimum absolute atomic E-state index is 0. The zero-order valence-corrected chi connectivity index (χ0v) is 24.9. The summed E-state index contributed by atoms with van der Waals surface area (Å²) in [6.07, 6.45) is 14.7. The molecule has 7 heteroatoms. The molecule has 6 nitrogen and oxygen atoms in total. The maximum atomic E-state index is 12.3. The van der Waals surface area contributed by atoms with Crippen LogP contribution in [0.5, 0.6) is 5.75 Å². The van der Waals surface area contributed by atoms with Crippen LogP contribution < -0.4 is 44.7 Å². The minimum Gasteiger partial charge on any atom is -0.550 e. The van der Waals surface area contributed by atoms with Gasteiger partial charge in [-0.25, -0.2) is 0 Å². The third kappa shape index (κ3) is 11.9. The molecule has 1 N–H and O–H groups in total. The molecule has 0 bridgehead atoms. The average Bonchev–Trinajstić information content (AvgIpc) is 2.78. The maximum Gasteiger partial charge on any atom is 1.00 e. The van der Waals surface area contributed by atoms with E-state index in [4.69, 9.17) is 4.74 Å². The van der Waals surface area contributed by atoms with E-state index in [9.17, 15) is 19.5 Å². The van der Waals surface area contributed by atoms with Crippen molar-refractivity contribution in [3.63, 3.8) is 0 Å². The van der Waals surface area contributed by atoms with Gasteiger partial charge >= 0.3 is 35.5 Å². The van der Waals surface area contributed by atoms with Crippen molar-refractivity contribution in [2.24, 2.45) is 5.41 Å². The molecule has 1 aliphatic carbocycles. The summed E-state index contributed by atoms with van der Waals surface area (Å²) in [4.78, 5) is 34.3. The third-order valence-corrected chi connectivity index (χ3v) is 6.02. The molecule has 0 unspecified atom stereocenters. The summed E-state index contributed by atoms with van der Waals surface area (Å²) in [6, 6.07) is 6.25. The Hall–Kier alpha value is -2.67. The van der Waals surface area contributed by atoms with Crippen LogP contribution >= 0.6 is 0 Å². The van der Waals surface area contributed by atoms with Crippen LogP contribution in [0, 0.1) is 5.41 Å². The number of carbonyl (C=O) groups is 3. The number of nitrogens with one attached hydrogen (secondary N) is 1. The van der Waals surface area contributed by atoms with E-state index in [1.165, 1.54) is 48.6 Å². The second kappa shape index (κ2) is 15.6. The van der Waals surface area contributed by atoms with Gasteiger partial charge in [-0.3, -0.25) is 9.59 Å². The van der Waals surface area contributed by atoms with Crippen molar-refractivity contribution in [1.82, 2.24) is 0 Å². The molecule has 2 rings (SSSR count). The predicted octanol–water partition coefficient (Wildman–Crippen LogP) is 2.60. The summed E-state index contributed by atoms with van der Waals surface area (Å²) in [6.45, 7) is 10.7. The van der Waals surface area contributed by atoms with Crippen LogP contribution in [0.25, 0.3) is 0 Å². The largest absolute Gasteiger partial charge is 1.00 e. The summed E-state index contributed by atoms with van der Waals surface area (Å²) in [5.41, 5.74) is 5.59. The van der Waals surface area contributed by atoms with Gasteiger partial charge in [-0.15, -0.1) is 0 Å².